The molecule has 0 saturated heterocycles. The molecule has 0 radical (unpaired) electrons. The first-order chi connectivity index (χ1) is 7.58. The number of allylic oxidation sites excluding steroid dienone is 1. The Morgan fingerprint density at radius 2 is 2.19 bits per heavy atom. The molecular weight excluding hydrogens is 204 g/mol. The van der Waals surface area contributed by atoms with Gasteiger partial charge >= 0.3 is 0 Å². The standard InChI is InChI=1S/C13H18O3/c1-7-3-4-9-11-8(6-13(7,9)15)5-10(14)12(11)16-2/h7-9,15H,3-6H2,1-2H3/t7-,8+,9-,13+/m1/s1. The Morgan fingerprint density at radius 3 is 2.88 bits per heavy atom. The number of aliphatic hydroxyl groups is 1. The van der Waals surface area contributed by atoms with Gasteiger partial charge in [-0.25, -0.2) is 0 Å². The van der Waals surface area contributed by atoms with Crippen LogP contribution in [0.2, 0.25) is 0 Å². The number of carbonyl (C=O) groups is 1. The van der Waals surface area contributed by atoms with Gasteiger partial charge in [-0.3, -0.25) is 4.79 Å². The average Bonchev–Trinajstić information content (AvgIpc) is 2.76. The maximum atomic E-state index is 11.7. The van der Waals surface area contributed by atoms with Crippen molar-refractivity contribution in [3.8, 4) is 0 Å². The van der Waals surface area contributed by atoms with E-state index in [1.165, 1.54) is 0 Å². The Morgan fingerprint density at radius 1 is 1.44 bits per heavy atom. The number of ether oxygens (including phenoxy) is 1. The predicted octanol–water partition coefficient (Wildman–Crippen LogP) is 1.66. The lowest BCUT2D eigenvalue weighted by atomic mass is 9.86. The fourth-order valence-electron chi connectivity index (χ4n) is 4.05. The summed E-state index contributed by atoms with van der Waals surface area (Å²) in [5.74, 6) is 1.46. The van der Waals surface area contributed by atoms with E-state index in [-0.39, 0.29) is 17.6 Å². The normalized spacial score (nSPS) is 46.2. The third-order valence-electron chi connectivity index (χ3n) is 4.89. The quantitative estimate of drug-likeness (QED) is 0.734. The highest BCUT2D eigenvalue weighted by Crippen LogP contribution is 2.59. The molecule has 88 valence electrons. The number of hydrogen-bond acceptors (Lipinski definition) is 3. The van der Waals surface area contributed by atoms with Gasteiger partial charge in [-0.15, -0.1) is 0 Å². The van der Waals surface area contributed by atoms with E-state index in [4.69, 9.17) is 4.74 Å². The molecule has 0 heterocycles. The van der Waals surface area contributed by atoms with Crippen molar-refractivity contribution in [2.24, 2.45) is 17.8 Å². The molecule has 3 aliphatic carbocycles. The maximum absolute atomic E-state index is 11.7. The summed E-state index contributed by atoms with van der Waals surface area (Å²) in [6.45, 7) is 2.12. The minimum atomic E-state index is -0.565. The van der Waals surface area contributed by atoms with Crippen LogP contribution in [0.25, 0.3) is 0 Å². The van der Waals surface area contributed by atoms with Crippen LogP contribution in [0.15, 0.2) is 11.3 Å². The summed E-state index contributed by atoms with van der Waals surface area (Å²) < 4.78 is 5.24. The van der Waals surface area contributed by atoms with Gasteiger partial charge in [0.2, 0.25) is 0 Å². The van der Waals surface area contributed by atoms with E-state index >= 15 is 0 Å². The van der Waals surface area contributed by atoms with Crippen LogP contribution in [0, 0.1) is 17.8 Å². The molecule has 3 aliphatic rings. The van der Waals surface area contributed by atoms with Gasteiger partial charge < -0.3 is 9.84 Å². The van der Waals surface area contributed by atoms with Crippen LogP contribution in [-0.4, -0.2) is 23.6 Å². The topological polar surface area (TPSA) is 46.5 Å². The third-order valence-corrected chi connectivity index (χ3v) is 4.89. The van der Waals surface area contributed by atoms with E-state index in [2.05, 4.69) is 6.92 Å². The summed E-state index contributed by atoms with van der Waals surface area (Å²) in [5.41, 5.74) is 0.559. The molecule has 0 aromatic rings. The van der Waals surface area contributed by atoms with Crippen LogP contribution in [0.5, 0.6) is 0 Å². The van der Waals surface area contributed by atoms with E-state index in [1.54, 1.807) is 7.11 Å². The van der Waals surface area contributed by atoms with E-state index in [0.717, 1.165) is 24.8 Å². The molecule has 0 aliphatic heterocycles. The second kappa shape index (κ2) is 3.10. The lowest BCUT2D eigenvalue weighted by Gasteiger charge is -2.28. The van der Waals surface area contributed by atoms with Crippen LogP contribution in [0.1, 0.15) is 32.6 Å². The molecule has 3 rings (SSSR count). The van der Waals surface area contributed by atoms with Crippen molar-refractivity contribution >= 4 is 5.78 Å². The first-order valence-corrected chi connectivity index (χ1v) is 6.11. The van der Waals surface area contributed by atoms with Gasteiger partial charge in [0.15, 0.2) is 11.5 Å². The number of fused-ring (bicyclic) bond motifs is 3. The average molecular weight is 222 g/mol. The molecule has 3 nitrogen and oxygen atoms in total. The molecule has 0 aromatic carbocycles. The minimum absolute atomic E-state index is 0.129. The lowest BCUT2D eigenvalue weighted by Crippen LogP contribution is -2.35. The van der Waals surface area contributed by atoms with E-state index in [9.17, 15) is 9.90 Å². The van der Waals surface area contributed by atoms with Crippen LogP contribution in [-0.2, 0) is 9.53 Å². The summed E-state index contributed by atoms with van der Waals surface area (Å²) >= 11 is 0. The smallest absolute Gasteiger partial charge is 0.197 e. The predicted molar refractivity (Wildman–Crippen MR) is 58.6 cm³/mol. The second-order valence-corrected chi connectivity index (χ2v) is 5.54. The molecule has 0 unspecified atom stereocenters. The Hall–Kier alpha value is -0.830. The zero-order valence-electron chi connectivity index (χ0n) is 9.82. The highest BCUT2D eigenvalue weighted by atomic mass is 16.5. The Kier molecular flexibility index (Phi) is 2.00. The van der Waals surface area contributed by atoms with Gasteiger partial charge in [-0.05, 0) is 36.7 Å². The summed E-state index contributed by atoms with van der Waals surface area (Å²) in [6, 6.07) is 0. The number of rotatable bonds is 1. The zero-order valence-corrected chi connectivity index (χ0v) is 9.82. The summed E-state index contributed by atoms with van der Waals surface area (Å²) in [6.07, 6.45) is 3.36. The molecule has 3 heteroatoms. The first-order valence-electron chi connectivity index (χ1n) is 6.11. The molecule has 1 N–H and O–H groups in total. The second-order valence-electron chi connectivity index (χ2n) is 5.54. The van der Waals surface area contributed by atoms with Crippen molar-refractivity contribution in [3.63, 3.8) is 0 Å². The van der Waals surface area contributed by atoms with Crippen molar-refractivity contribution in [1.29, 1.82) is 0 Å². The SMILES string of the molecule is COC1=C2[C@@H](CC1=O)C[C@]1(O)[C@H](C)CC[C@H]21. The highest BCUT2D eigenvalue weighted by Gasteiger charge is 2.59. The van der Waals surface area contributed by atoms with Crippen LogP contribution < -0.4 is 0 Å². The lowest BCUT2D eigenvalue weighted by molar-refractivity contribution is -0.118. The van der Waals surface area contributed by atoms with Crippen molar-refractivity contribution in [2.75, 3.05) is 7.11 Å². The minimum Gasteiger partial charge on any atom is -0.493 e. The first kappa shape index (κ1) is 10.3. The number of hydrogen-bond donors (Lipinski definition) is 1. The third kappa shape index (κ3) is 1.05. The Labute approximate surface area is 95.5 Å². The van der Waals surface area contributed by atoms with E-state index in [0.29, 0.717) is 18.1 Å². The monoisotopic (exact) mass is 222 g/mol. The van der Waals surface area contributed by atoms with E-state index < -0.39 is 5.60 Å². The van der Waals surface area contributed by atoms with Gasteiger partial charge in [-0.1, -0.05) is 6.92 Å². The number of carbonyl (C=O) groups excluding carboxylic acids is 1. The highest BCUT2D eigenvalue weighted by molar-refractivity contribution is 5.97. The van der Waals surface area contributed by atoms with Crippen molar-refractivity contribution in [3.05, 3.63) is 11.3 Å². The molecular formula is C13H18O3. The molecule has 4 atom stereocenters. The van der Waals surface area contributed by atoms with Crippen LogP contribution in [0.4, 0.5) is 0 Å². The van der Waals surface area contributed by atoms with Crippen LogP contribution >= 0.6 is 0 Å². The van der Waals surface area contributed by atoms with E-state index in [1.807, 2.05) is 0 Å². The largest absolute Gasteiger partial charge is 0.493 e. The van der Waals surface area contributed by atoms with Crippen molar-refractivity contribution < 1.29 is 14.6 Å². The molecule has 2 fully saturated rings. The summed E-state index contributed by atoms with van der Waals surface area (Å²) in [4.78, 5) is 11.7. The Bertz CT molecular complexity index is 385. The Balaban J connectivity index is 2.06. The molecule has 0 spiro atoms. The van der Waals surface area contributed by atoms with Crippen LogP contribution in [0.3, 0.4) is 0 Å². The molecule has 2 saturated carbocycles. The zero-order chi connectivity index (χ0) is 11.5. The van der Waals surface area contributed by atoms with Crippen molar-refractivity contribution in [1.82, 2.24) is 0 Å². The van der Waals surface area contributed by atoms with Gasteiger partial charge in [0.25, 0.3) is 0 Å². The number of ketones is 1. The van der Waals surface area contributed by atoms with Gasteiger partial charge in [-0.2, -0.15) is 0 Å². The fraction of sp³-hybridized carbons (Fsp3) is 0.769. The molecule has 16 heavy (non-hydrogen) atoms. The van der Waals surface area contributed by atoms with Crippen molar-refractivity contribution in [2.45, 2.75) is 38.2 Å². The summed E-state index contributed by atoms with van der Waals surface area (Å²) in [5, 5.41) is 10.7. The summed E-state index contributed by atoms with van der Waals surface area (Å²) in [7, 11) is 1.57. The number of methoxy groups -OCH3 is 1. The number of Topliss-reactive ketones (excluding diaryl/α,β-unsaturated/α-hetero) is 1. The van der Waals surface area contributed by atoms with Gasteiger partial charge in [0, 0.05) is 12.3 Å². The fourth-order valence-corrected chi connectivity index (χ4v) is 4.05. The molecule has 0 aromatic heterocycles. The van der Waals surface area contributed by atoms with Gasteiger partial charge in [0.05, 0.1) is 12.7 Å². The van der Waals surface area contributed by atoms with Gasteiger partial charge in [0.1, 0.15) is 0 Å². The molecule has 0 amide bonds. The maximum Gasteiger partial charge on any atom is 0.197 e. The molecule has 0 bridgehead atoms.